The van der Waals surface area contributed by atoms with Gasteiger partial charge >= 0.3 is 5.97 Å². The van der Waals surface area contributed by atoms with Crippen LogP contribution in [0.3, 0.4) is 0 Å². The summed E-state index contributed by atoms with van der Waals surface area (Å²) < 4.78 is 5.24. The van der Waals surface area contributed by atoms with Crippen LogP contribution in [0.4, 0.5) is 5.69 Å². The number of nitrogens with one attached hydrogen (secondary N) is 1. The van der Waals surface area contributed by atoms with Gasteiger partial charge in [0.05, 0.1) is 18.2 Å². The van der Waals surface area contributed by atoms with Crippen LogP contribution in [-0.2, 0) is 9.53 Å². The molecule has 0 amide bonds. The Kier molecular flexibility index (Phi) is 5.55. The van der Waals surface area contributed by atoms with E-state index in [1.807, 2.05) is 49.1 Å². The predicted molar refractivity (Wildman–Crippen MR) is 92.7 cm³/mol. The molecule has 4 nitrogen and oxygen atoms in total. The molecule has 1 aliphatic rings. The zero-order valence-electron chi connectivity index (χ0n) is 13.3. The van der Waals surface area contributed by atoms with Gasteiger partial charge in [0, 0.05) is 11.4 Å². The first-order chi connectivity index (χ1) is 10.6. The number of esters is 1. The van der Waals surface area contributed by atoms with Crippen molar-refractivity contribution < 1.29 is 9.53 Å². The first kappa shape index (κ1) is 16.5. The minimum Gasteiger partial charge on any atom is -0.463 e. The predicted octanol–water partition coefficient (Wildman–Crippen LogP) is 3.39. The first-order valence-corrected chi connectivity index (χ1v) is 8.04. The van der Waals surface area contributed by atoms with Gasteiger partial charge in [0.15, 0.2) is 5.11 Å². The lowest BCUT2D eigenvalue weighted by Crippen LogP contribution is -2.52. The van der Waals surface area contributed by atoms with Crippen LogP contribution in [0.25, 0.3) is 0 Å². The van der Waals surface area contributed by atoms with Crippen molar-refractivity contribution in [2.75, 3.05) is 11.5 Å². The highest BCUT2D eigenvalue weighted by Crippen LogP contribution is 2.28. The second kappa shape index (κ2) is 7.40. The van der Waals surface area contributed by atoms with Crippen molar-refractivity contribution in [2.24, 2.45) is 0 Å². The van der Waals surface area contributed by atoms with E-state index in [1.54, 1.807) is 0 Å². The molecule has 118 valence electrons. The SMILES string of the molecule is CCCC1NC(=S)N(c2ccccc2)C(C)=C1C(=O)OCC. The molecule has 22 heavy (non-hydrogen) atoms. The number of carbonyl (C=O) groups excluding carboxylic acids is 1. The molecule has 0 bridgehead atoms. The summed E-state index contributed by atoms with van der Waals surface area (Å²) in [7, 11) is 0. The van der Waals surface area contributed by atoms with Crippen LogP contribution < -0.4 is 10.2 Å². The van der Waals surface area contributed by atoms with E-state index in [-0.39, 0.29) is 12.0 Å². The molecule has 1 atom stereocenters. The highest BCUT2D eigenvalue weighted by atomic mass is 32.1. The van der Waals surface area contributed by atoms with Gasteiger partial charge in [0.1, 0.15) is 0 Å². The van der Waals surface area contributed by atoms with Crippen LogP contribution in [-0.4, -0.2) is 23.7 Å². The fraction of sp³-hybridized carbons (Fsp3) is 0.412. The molecule has 1 aromatic rings. The fourth-order valence-electron chi connectivity index (χ4n) is 2.70. The van der Waals surface area contributed by atoms with Crippen molar-refractivity contribution in [3.05, 3.63) is 41.6 Å². The largest absolute Gasteiger partial charge is 0.463 e. The van der Waals surface area contributed by atoms with Crippen LogP contribution in [0, 0.1) is 0 Å². The molecule has 0 saturated heterocycles. The molecule has 0 aromatic heterocycles. The number of hydrogen-bond acceptors (Lipinski definition) is 3. The Bertz CT molecular complexity index is 584. The minimum absolute atomic E-state index is 0.0866. The van der Waals surface area contributed by atoms with Crippen LogP contribution in [0.2, 0.25) is 0 Å². The van der Waals surface area contributed by atoms with Gasteiger partial charge in [-0.15, -0.1) is 0 Å². The third kappa shape index (κ3) is 3.30. The summed E-state index contributed by atoms with van der Waals surface area (Å²) in [5, 5.41) is 3.90. The van der Waals surface area contributed by atoms with Crippen LogP contribution in [0.5, 0.6) is 0 Å². The molecule has 5 heteroatoms. The number of anilines is 1. The molecule has 1 N–H and O–H groups in total. The molecule has 0 spiro atoms. The zero-order chi connectivity index (χ0) is 16.1. The van der Waals surface area contributed by atoms with Crippen molar-refractivity contribution in [2.45, 2.75) is 39.7 Å². The number of rotatable bonds is 5. The molecule has 0 fully saturated rings. The maximum absolute atomic E-state index is 12.4. The average Bonchev–Trinajstić information content (AvgIpc) is 2.48. The molecular weight excluding hydrogens is 296 g/mol. The Labute approximate surface area is 137 Å². The Morgan fingerprint density at radius 2 is 2.00 bits per heavy atom. The van der Waals surface area contributed by atoms with Crippen molar-refractivity contribution in [3.63, 3.8) is 0 Å². The normalized spacial score (nSPS) is 18.2. The standard InChI is InChI=1S/C17H22N2O2S/c1-4-9-14-15(16(20)21-5-2)12(3)19(17(22)18-14)13-10-7-6-8-11-13/h6-8,10-11,14H,4-5,9H2,1-3H3,(H,18,22). The van der Waals surface area contributed by atoms with Gasteiger partial charge in [0.25, 0.3) is 0 Å². The topological polar surface area (TPSA) is 41.6 Å². The van der Waals surface area contributed by atoms with E-state index >= 15 is 0 Å². The zero-order valence-corrected chi connectivity index (χ0v) is 14.1. The van der Waals surface area contributed by atoms with E-state index in [0.717, 1.165) is 24.2 Å². The van der Waals surface area contributed by atoms with Gasteiger partial charge in [-0.2, -0.15) is 0 Å². The van der Waals surface area contributed by atoms with Crippen molar-refractivity contribution in [3.8, 4) is 0 Å². The molecule has 1 unspecified atom stereocenters. The molecular formula is C17H22N2O2S. The molecule has 1 heterocycles. The van der Waals surface area contributed by atoms with Crippen molar-refractivity contribution in [1.82, 2.24) is 5.32 Å². The highest BCUT2D eigenvalue weighted by Gasteiger charge is 2.33. The number of benzene rings is 1. The van der Waals surface area contributed by atoms with E-state index in [9.17, 15) is 4.79 Å². The quantitative estimate of drug-likeness (QED) is 0.666. The number of thiocarbonyl (C=S) groups is 1. The average molecular weight is 318 g/mol. The lowest BCUT2D eigenvalue weighted by molar-refractivity contribution is -0.139. The summed E-state index contributed by atoms with van der Waals surface area (Å²) in [5.74, 6) is -0.269. The number of allylic oxidation sites excluding steroid dienone is 1. The Balaban J connectivity index is 2.47. The Morgan fingerprint density at radius 3 is 2.59 bits per heavy atom. The maximum Gasteiger partial charge on any atom is 0.337 e. The van der Waals surface area contributed by atoms with E-state index in [2.05, 4.69) is 12.2 Å². The molecule has 2 rings (SSSR count). The van der Waals surface area contributed by atoms with E-state index in [4.69, 9.17) is 17.0 Å². The lowest BCUT2D eigenvalue weighted by Gasteiger charge is -2.37. The van der Waals surface area contributed by atoms with Crippen molar-refractivity contribution in [1.29, 1.82) is 0 Å². The molecule has 0 saturated carbocycles. The molecule has 1 aliphatic heterocycles. The summed E-state index contributed by atoms with van der Waals surface area (Å²) in [6.07, 6.45) is 1.80. The first-order valence-electron chi connectivity index (χ1n) is 7.63. The summed E-state index contributed by atoms with van der Waals surface area (Å²) in [5.41, 5.74) is 2.45. The number of ether oxygens (including phenoxy) is 1. The second-order valence-corrected chi connectivity index (χ2v) is 5.57. The van der Waals surface area contributed by atoms with Crippen LogP contribution in [0.1, 0.15) is 33.6 Å². The highest BCUT2D eigenvalue weighted by molar-refractivity contribution is 7.80. The molecule has 0 aliphatic carbocycles. The summed E-state index contributed by atoms with van der Waals surface area (Å²) in [4.78, 5) is 14.3. The molecule has 1 aromatic carbocycles. The maximum atomic E-state index is 12.4. The van der Waals surface area contributed by atoms with Gasteiger partial charge in [-0.05, 0) is 44.6 Å². The Hall–Kier alpha value is -1.88. The van der Waals surface area contributed by atoms with Gasteiger partial charge in [-0.25, -0.2) is 4.79 Å². The Morgan fingerprint density at radius 1 is 1.32 bits per heavy atom. The van der Waals surface area contributed by atoms with Crippen LogP contribution >= 0.6 is 12.2 Å². The van der Waals surface area contributed by atoms with E-state index in [1.165, 1.54) is 0 Å². The van der Waals surface area contributed by atoms with Crippen LogP contribution in [0.15, 0.2) is 41.6 Å². The number of nitrogens with zero attached hydrogens (tertiary/aromatic N) is 1. The minimum atomic E-state index is -0.269. The number of para-hydroxylation sites is 1. The monoisotopic (exact) mass is 318 g/mol. The van der Waals surface area contributed by atoms with Gasteiger partial charge in [-0.1, -0.05) is 31.5 Å². The molecule has 0 radical (unpaired) electrons. The summed E-state index contributed by atoms with van der Waals surface area (Å²) in [6, 6.07) is 9.72. The second-order valence-electron chi connectivity index (χ2n) is 5.18. The summed E-state index contributed by atoms with van der Waals surface area (Å²) >= 11 is 5.51. The third-order valence-electron chi connectivity index (χ3n) is 3.66. The lowest BCUT2D eigenvalue weighted by atomic mass is 9.98. The summed E-state index contributed by atoms with van der Waals surface area (Å²) in [6.45, 7) is 6.20. The van der Waals surface area contributed by atoms with Gasteiger partial charge in [0.2, 0.25) is 0 Å². The van der Waals surface area contributed by atoms with Gasteiger partial charge < -0.3 is 10.1 Å². The number of hydrogen-bond donors (Lipinski definition) is 1. The number of carbonyl (C=O) groups is 1. The fourth-order valence-corrected chi connectivity index (χ4v) is 3.09. The van der Waals surface area contributed by atoms with Crippen molar-refractivity contribution >= 4 is 29.0 Å². The van der Waals surface area contributed by atoms with E-state index < -0.39 is 0 Å². The third-order valence-corrected chi connectivity index (χ3v) is 3.96. The smallest absolute Gasteiger partial charge is 0.337 e. The van der Waals surface area contributed by atoms with E-state index in [0.29, 0.717) is 17.3 Å². The van der Waals surface area contributed by atoms with Gasteiger partial charge in [-0.3, -0.25) is 4.90 Å².